The molecular formula is C23H19N3O3. The molecule has 0 saturated heterocycles. The van der Waals surface area contributed by atoms with Crippen molar-refractivity contribution < 1.29 is 9.66 Å². The SMILES string of the molecule is Cc1ccc(C2=NN3[C@H](C2)c2ccccc2O[C@@H]3c2cccc([N+](=O)[O-])c2)cc1. The van der Waals surface area contributed by atoms with E-state index in [9.17, 15) is 10.1 Å². The van der Waals surface area contributed by atoms with E-state index >= 15 is 0 Å². The highest BCUT2D eigenvalue weighted by Crippen LogP contribution is 2.47. The van der Waals surface area contributed by atoms with E-state index in [0.717, 1.165) is 29.0 Å². The summed E-state index contributed by atoms with van der Waals surface area (Å²) < 4.78 is 6.27. The van der Waals surface area contributed by atoms with Gasteiger partial charge in [-0.1, -0.05) is 60.2 Å². The molecule has 0 aromatic heterocycles. The second kappa shape index (κ2) is 6.74. The van der Waals surface area contributed by atoms with Crippen molar-refractivity contribution in [1.29, 1.82) is 0 Å². The highest BCUT2D eigenvalue weighted by Gasteiger charge is 2.41. The van der Waals surface area contributed by atoms with Crippen LogP contribution in [0.25, 0.3) is 0 Å². The first-order valence-electron chi connectivity index (χ1n) is 9.53. The summed E-state index contributed by atoms with van der Waals surface area (Å²) in [6, 6.07) is 22.9. The Bertz CT molecular complexity index is 1120. The normalized spacial score (nSPS) is 19.8. The lowest BCUT2D eigenvalue weighted by molar-refractivity contribution is -0.385. The Labute approximate surface area is 168 Å². The van der Waals surface area contributed by atoms with Gasteiger partial charge in [0.15, 0.2) is 0 Å². The zero-order chi connectivity index (χ0) is 20.0. The van der Waals surface area contributed by atoms with Crippen LogP contribution in [-0.2, 0) is 0 Å². The van der Waals surface area contributed by atoms with Crippen LogP contribution in [0.5, 0.6) is 5.75 Å². The van der Waals surface area contributed by atoms with Gasteiger partial charge in [0.25, 0.3) is 5.69 Å². The number of non-ortho nitro benzene ring substituents is 1. The molecule has 2 heterocycles. The maximum atomic E-state index is 11.3. The average molecular weight is 385 g/mol. The molecule has 29 heavy (non-hydrogen) atoms. The fraction of sp³-hybridized carbons (Fsp3) is 0.174. The van der Waals surface area contributed by atoms with Crippen LogP contribution in [0.4, 0.5) is 5.69 Å². The van der Waals surface area contributed by atoms with Gasteiger partial charge in [0.1, 0.15) is 5.75 Å². The van der Waals surface area contributed by atoms with Gasteiger partial charge >= 0.3 is 0 Å². The van der Waals surface area contributed by atoms with Crippen molar-refractivity contribution in [2.75, 3.05) is 0 Å². The van der Waals surface area contributed by atoms with Gasteiger partial charge in [0, 0.05) is 29.7 Å². The molecule has 3 aromatic rings. The van der Waals surface area contributed by atoms with Crippen LogP contribution in [0.1, 0.15) is 40.9 Å². The number of nitro groups is 1. The van der Waals surface area contributed by atoms with Crippen molar-refractivity contribution in [2.45, 2.75) is 25.6 Å². The number of fused-ring (bicyclic) bond motifs is 3. The Morgan fingerprint density at radius 1 is 1.07 bits per heavy atom. The van der Waals surface area contributed by atoms with Crippen LogP contribution in [-0.4, -0.2) is 15.6 Å². The van der Waals surface area contributed by atoms with Gasteiger partial charge in [0.05, 0.1) is 16.7 Å². The maximum Gasteiger partial charge on any atom is 0.269 e. The summed E-state index contributed by atoms with van der Waals surface area (Å²) in [6.45, 7) is 2.06. The molecule has 6 heteroatoms. The third kappa shape index (κ3) is 3.02. The van der Waals surface area contributed by atoms with Crippen molar-refractivity contribution in [2.24, 2.45) is 5.10 Å². The molecule has 3 aromatic carbocycles. The van der Waals surface area contributed by atoms with E-state index < -0.39 is 6.23 Å². The Balaban J connectivity index is 1.59. The fourth-order valence-electron chi connectivity index (χ4n) is 3.97. The summed E-state index contributed by atoms with van der Waals surface area (Å²) in [5.74, 6) is 0.797. The number of ether oxygens (including phenoxy) is 1. The van der Waals surface area contributed by atoms with Crippen LogP contribution < -0.4 is 4.74 Å². The van der Waals surface area contributed by atoms with E-state index in [-0.39, 0.29) is 16.7 Å². The lowest BCUT2D eigenvalue weighted by Gasteiger charge is -2.38. The number of hydrazone groups is 1. The first kappa shape index (κ1) is 17.4. The standard InChI is InChI=1S/C23H19N3O3/c1-15-9-11-16(12-10-15)20-14-21-19-7-2-3-8-22(19)29-23(25(21)24-20)17-5-4-6-18(13-17)26(27)28/h2-13,21,23H,14H2,1H3/t21-,23-/m1/s1. The molecule has 0 N–H and O–H groups in total. The van der Waals surface area contributed by atoms with Gasteiger partial charge in [-0.2, -0.15) is 5.10 Å². The quantitative estimate of drug-likeness (QED) is 0.462. The summed E-state index contributed by atoms with van der Waals surface area (Å²) in [5.41, 5.74) is 5.12. The van der Waals surface area contributed by atoms with Crippen LogP contribution >= 0.6 is 0 Å². The number of benzene rings is 3. The second-order valence-corrected chi connectivity index (χ2v) is 7.37. The molecule has 0 bridgehead atoms. The molecule has 5 rings (SSSR count). The number of nitro benzene ring substituents is 1. The largest absolute Gasteiger partial charge is 0.464 e. The average Bonchev–Trinajstić information content (AvgIpc) is 3.19. The molecule has 0 amide bonds. The first-order valence-corrected chi connectivity index (χ1v) is 9.53. The molecule has 6 nitrogen and oxygen atoms in total. The predicted molar refractivity (Wildman–Crippen MR) is 110 cm³/mol. The summed E-state index contributed by atoms with van der Waals surface area (Å²) in [6.07, 6.45) is 0.243. The van der Waals surface area contributed by atoms with Crippen molar-refractivity contribution in [3.05, 3.63) is 105 Å². The summed E-state index contributed by atoms with van der Waals surface area (Å²) in [4.78, 5) is 10.9. The van der Waals surface area contributed by atoms with Crippen LogP contribution in [0, 0.1) is 17.0 Å². The number of hydrogen-bond donors (Lipinski definition) is 0. The molecule has 0 radical (unpaired) electrons. The third-order valence-electron chi connectivity index (χ3n) is 5.45. The zero-order valence-corrected chi connectivity index (χ0v) is 15.9. The summed E-state index contributed by atoms with van der Waals surface area (Å²) >= 11 is 0. The topological polar surface area (TPSA) is 68.0 Å². The minimum Gasteiger partial charge on any atom is -0.464 e. The molecule has 0 unspecified atom stereocenters. The first-order chi connectivity index (χ1) is 14.1. The van der Waals surface area contributed by atoms with Crippen molar-refractivity contribution >= 4 is 11.4 Å². The second-order valence-electron chi connectivity index (χ2n) is 7.37. The lowest BCUT2D eigenvalue weighted by atomic mass is 9.95. The highest BCUT2D eigenvalue weighted by atomic mass is 16.6. The van der Waals surface area contributed by atoms with Gasteiger partial charge in [-0.3, -0.25) is 10.1 Å². The zero-order valence-electron chi connectivity index (χ0n) is 15.9. The van der Waals surface area contributed by atoms with E-state index in [1.165, 1.54) is 11.6 Å². The van der Waals surface area contributed by atoms with Gasteiger partial charge in [0.2, 0.25) is 6.23 Å². The number of nitrogens with zero attached hydrogens (tertiary/aromatic N) is 3. The predicted octanol–water partition coefficient (Wildman–Crippen LogP) is 5.15. The van der Waals surface area contributed by atoms with E-state index in [1.807, 2.05) is 29.3 Å². The molecule has 2 atom stereocenters. The van der Waals surface area contributed by atoms with Crippen LogP contribution in [0.15, 0.2) is 77.9 Å². The Kier molecular flexibility index (Phi) is 4.05. The monoisotopic (exact) mass is 385 g/mol. The molecular weight excluding hydrogens is 366 g/mol. The molecule has 0 spiro atoms. The van der Waals surface area contributed by atoms with Gasteiger partial charge < -0.3 is 4.74 Å². The van der Waals surface area contributed by atoms with Crippen molar-refractivity contribution in [3.63, 3.8) is 0 Å². The Hall–Kier alpha value is -3.67. The summed E-state index contributed by atoms with van der Waals surface area (Å²) in [7, 11) is 0. The Morgan fingerprint density at radius 2 is 1.86 bits per heavy atom. The molecule has 144 valence electrons. The van der Waals surface area contributed by atoms with E-state index in [0.29, 0.717) is 5.56 Å². The Morgan fingerprint density at radius 3 is 2.66 bits per heavy atom. The number of rotatable bonds is 3. The van der Waals surface area contributed by atoms with Crippen molar-refractivity contribution in [1.82, 2.24) is 5.01 Å². The molecule has 2 aliphatic heterocycles. The molecule has 0 saturated carbocycles. The van der Waals surface area contributed by atoms with Crippen molar-refractivity contribution in [3.8, 4) is 5.75 Å². The number of para-hydroxylation sites is 1. The molecule has 0 aliphatic carbocycles. The summed E-state index contributed by atoms with van der Waals surface area (Å²) in [5, 5.41) is 18.1. The number of aryl methyl sites for hydroxylation is 1. The smallest absolute Gasteiger partial charge is 0.269 e. The maximum absolute atomic E-state index is 11.3. The third-order valence-corrected chi connectivity index (χ3v) is 5.45. The minimum atomic E-state index is -0.516. The highest BCUT2D eigenvalue weighted by molar-refractivity contribution is 6.02. The van der Waals surface area contributed by atoms with E-state index in [2.05, 4.69) is 37.3 Å². The fourth-order valence-corrected chi connectivity index (χ4v) is 3.97. The van der Waals surface area contributed by atoms with Gasteiger partial charge in [-0.05, 0) is 18.6 Å². The lowest BCUT2D eigenvalue weighted by Crippen LogP contribution is -2.33. The number of hydrogen-bond acceptors (Lipinski definition) is 5. The van der Waals surface area contributed by atoms with E-state index in [1.54, 1.807) is 12.1 Å². The van der Waals surface area contributed by atoms with Crippen LogP contribution in [0.3, 0.4) is 0 Å². The van der Waals surface area contributed by atoms with Gasteiger partial charge in [-0.25, -0.2) is 5.01 Å². The molecule has 0 fully saturated rings. The minimum absolute atomic E-state index is 0.0283. The van der Waals surface area contributed by atoms with E-state index in [4.69, 9.17) is 9.84 Å². The molecule has 2 aliphatic rings. The van der Waals surface area contributed by atoms with Crippen LogP contribution in [0.2, 0.25) is 0 Å². The van der Waals surface area contributed by atoms with Gasteiger partial charge in [-0.15, -0.1) is 0 Å².